The molecule has 1 saturated carbocycles. The zero-order valence-electron chi connectivity index (χ0n) is 16.1. The van der Waals surface area contributed by atoms with E-state index in [0.717, 1.165) is 30.5 Å². The Hall–Kier alpha value is -2.74. The Balaban J connectivity index is 1.78. The Bertz CT molecular complexity index is 1070. The van der Waals surface area contributed by atoms with E-state index in [-0.39, 0.29) is 24.1 Å². The van der Waals surface area contributed by atoms with E-state index >= 15 is 0 Å². The molecule has 146 valence electrons. The maximum Gasteiger partial charge on any atom is 0.360 e. The molecular weight excluding hydrogens is 376 g/mol. The van der Waals surface area contributed by atoms with E-state index in [1.54, 1.807) is 11.6 Å². The van der Waals surface area contributed by atoms with Crippen molar-refractivity contribution >= 4 is 38.7 Å². The minimum absolute atomic E-state index is 0.00831. The molecule has 1 aromatic carbocycles. The summed E-state index contributed by atoms with van der Waals surface area (Å²) in [5.41, 5.74) is 3.86. The first-order chi connectivity index (χ1) is 13.5. The van der Waals surface area contributed by atoms with Crippen molar-refractivity contribution in [2.45, 2.75) is 40.0 Å². The largest absolute Gasteiger partial charge is 0.461 e. The number of carbonyl (C=O) groups is 2. The highest BCUT2D eigenvalue weighted by molar-refractivity contribution is 7.22. The second-order valence-electron chi connectivity index (χ2n) is 7.04. The number of carbonyl (C=O) groups excluding carboxylic acids is 2. The van der Waals surface area contributed by atoms with Crippen LogP contribution in [0.1, 0.15) is 47.8 Å². The van der Waals surface area contributed by atoms with Crippen molar-refractivity contribution in [2.75, 3.05) is 11.9 Å². The molecule has 4 rings (SSSR count). The summed E-state index contributed by atoms with van der Waals surface area (Å²) in [5.74, 6) is -0.436. The predicted molar refractivity (Wildman–Crippen MR) is 108 cm³/mol. The van der Waals surface area contributed by atoms with Crippen molar-refractivity contribution in [1.29, 1.82) is 0 Å². The van der Waals surface area contributed by atoms with Crippen LogP contribution in [-0.2, 0) is 9.53 Å². The molecule has 0 aliphatic heterocycles. The van der Waals surface area contributed by atoms with Gasteiger partial charge in [-0.1, -0.05) is 23.8 Å². The standard InChI is InChI=1S/C20H22N4O3S/c1-4-27-19(26)15-16-17(21-20(28-16)22-18(25)13-6-5-7-13)24(23-15)14-9-8-11(2)12(3)10-14/h8-10,13H,4-7H2,1-3H3,(H,21,22,25). The molecule has 1 fully saturated rings. The van der Waals surface area contributed by atoms with Gasteiger partial charge in [0.15, 0.2) is 16.5 Å². The lowest BCUT2D eigenvalue weighted by Gasteiger charge is -2.23. The molecule has 7 nitrogen and oxygen atoms in total. The van der Waals surface area contributed by atoms with Gasteiger partial charge in [0.25, 0.3) is 0 Å². The molecule has 1 amide bonds. The van der Waals surface area contributed by atoms with E-state index in [1.165, 1.54) is 16.9 Å². The number of anilines is 1. The summed E-state index contributed by atoms with van der Waals surface area (Å²) < 4.78 is 7.41. The average Bonchev–Trinajstić information content (AvgIpc) is 3.14. The lowest BCUT2D eigenvalue weighted by molar-refractivity contribution is -0.122. The monoisotopic (exact) mass is 398 g/mol. The highest BCUT2D eigenvalue weighted by atomic mass is 32.1. The van der Waals surface area contributed by atoms with Gasteiger partial charge in [0.2, 0.25) is 5.91 Å². The second-order valence-corrected chi connectivity index (χ2v) is 8.04. The summed E-state index contributed by atoms with van der Waals surface area (Å²) >= 11 is 1.25. The molecule has 0 spiro atoms. The van der Waals surface area contributed by atoms with Crippen LogP contribution in [0.2, 0.25) is 0 Å². The number of benzene rings is 1. The van der Waals surface area contributed by atoms with Crippen LogP contribution >= 0.6 is 11.3 Å². The van der Waals surface area contributed by atoms with Gasteiger partial charge in [-0.25, -0.2) is 9.48 Å². The quantitative estimate of drug-likeness (QED) is 0.656. The highest BCUT2D eigenvalue weighted by Gasteiger charge is 2.28. The zero-order valence-corrected chi connectivity index (χ0v) is 16.9. The van der Waals surface area contributed by atoms with Crippen LogP contribution in [0, 0.1) is 19.8 Å². The number of nitrogens with one attached hydrogen (secondary N) is 1. The van der Waals surface area contributed by atoms with Crippen molar-refractivity contribution < 1.29 is 14.3 Å². The lowest BCUT2D eigenvalue weighted by atomic mass is 9.85. The molecule has 0 radical (unpaired) electrons. The minimum Gasteiger partial charge on any atom is -0.461 e. The van der Waals surface area contributed by atoms with Gasteiger partial charge in [0, 0.05) is 5.92 Å². The molecular formula is C20H22N4O3S. The fourth-order valence-electron chi connectivity index (χ4n) is 3.10. The summed E-state index contributed by atoms with van der Waals surface area (Å²) in [6.07, 6.45) is 2.93. The Labute approximate surface area is 166 Å². The SMILES string of the molecule is CCOC(=O)c1nn(-c2ccc(C)c(C)c2)c2nc(NC(=O)C3CCC3)sc12. The number of nitrogens with zero attached hydrogens (tertiary/aromatic N) is 3. The fraction of sp³-hybridized carbons (Fsp3) is 0.400. The summed E-state index contributed by atoms with van der Waals surface area (Å²) in [6, 6.07) is 5.95. The van der Waals surface area contributed by atoms with Gasteiger partial charge in [-0.2, -0.15) is 10.1 Å². The van der Waals surface area contributed by atoms with Gasteiger partial charge in [0.05, 0.1) is 12.3 Å². The van der Waals surface area contributed by atoms with Crippen LogP contribution in [0.3, 0.4) is 0 Å². The topological polar surface area (TPSA) is 86.1 Å². The molecule has 28 heavy (non-hydrogen) atoms. The number of fused-ring (bicyclic) bond motifs is 1. The van der Waals surface area contributed by atoms with Crippen molar-refractivity contribution in [1.82, 2.24) is 14.8 Å². The summed E-state index contributed by atoms with van der Waals surface area (Å²) in [5, 5.41) is 7.84. The summed E-state index contributed by atoms with van der Waals surface area (Å²) in [7, 11) is 0. The second kappa shape index (κ2) is 7.35. The first kappa shape index (κ1) is 18.6. The number of thiazole rings is 1. The number of hydrogen-bond donors (Lipinski definition) is 1. The number of ether oxygens (including phenoxy) is 1. The Morgan fingerprint density at radius 3 is 2.71 bits per heavy atom. The van der Waals surface area contributed by atoms with Gasteiger partial charge in [-0.3, -0.25) is 4.79 Å². The van der Waals surface area contributed by atoms with Crippen LogP contribution in [0.15, 0.2) is 18.2 Å². The van der Waals surface area contributed by atoms with Crippen LogP contribution in [0.25, 0.3) is 16.0 Å². The Kier molecular flexibility index (Phi) is 4.89. The molecule has 2 aromatic heterocycles. The molecule has 3 aromatic rings. The molecule has 8 heteroatoms. The molecule has 0 unspecified atom stereocenters. The molecule has 1 aliphatic rings. The number of rotatable bonds is 5. The van der Waals surface area contributed by atoms with Crippen molar-refractivity contribution in [3.8, 4) is 5.69 Å². The third-order valence-corrected chi connectivity index (χ3v) is 6.10. The third kappa shape index (κ3) is 3.28. The van der Waals surface area contributed by atoms with E-state index in [9.17, 15) is 9.59 Å². The fourth-order valence-corrected chi connectivity index (χ4v) is 4.03. The first-order valence-corrected chi connectivity index (χ1v) is 10.2. The normalized spacial score (nSPS) is 14.1. The number of hydrogen-bond acceptors (Lipinski definition) is 6. The third-order valence-electron chi connectivity index (χ3n) is 5.13. The smallest absolute Gasteiger partial charge is 0.360 e. The first-order valence-electron chi connectivity index (χ1n) is 9.43. The maximum absolute atomic E-state index is 12.4. The summed E-state index contributed by atoms with van der Waals surface area (Å²) in [4.78, 5) is 29.3. The number of amides is 1. The van der Waals surface area contributed by atoms with Crippen molar-refractivity contribution in [2.24, 2.45) is 5.92 Å². The molecule has 0 atom stereocenters. The van der Waals surface area contributed by atoms with Crippen LogP contribution < -0.4 is 5.32 Å². The molecule has 1 N–H and O–H groups in total. The van der Waals surface area contributed by atoms with E-state index in [0.29, 0.717) is 15.5 Å². The maximum atomic E-state index is 12.4. The molecule has 2 heterocycles. The van der Waals surface area contributed by atoms with Crippen molar-refractivity contribution in [3.05, 3.63) is 35.0 Å². The lowest BCUT2D eigenvalue weighted by Crippen LogP contribution is -2.27. The number of aromatic nitrogens is 3. The van der Waals surface area contributed by atoms with E-state index < -0.39 is 5.97 Å². The van der Waals surface area contributed by atoms with Crippen LogP contribution in [0.5, 0.6) is 0 Å². The van der Waals surface area contributed by atoms with E-state index in [4.69, 9.17) is 4.74 Å². The van der Waals surface area contributed by atoms with Gasteiger partial charge >= 0.3 is 5.97 Å². The molecule has 1 aliphatic carbocycles. The van der Waals surface area contributed by atoms with Gasteiger partial charge in [-0.15, -0.1) is 0 Å². The van der Waals surface area contributed by atoms with E-state index in [2.05, 4.69) is 15.4 Å². The van der Waals surface area contributed by atoms with Gasteiger partial charge in [-0.05, 0) is 56.9 Å². The van der Waals surface area contributed by atoms with Crippen molar-refractivity contribution in [3.63, 3.8) is 0 Å². The van der Waals surface area contributed by atoms with Gasteiger partial charge < -0.3 is 10.1 Å². The van der Waals surface area contributed by atoms with Gasteiger partial charge in [0.1, 0.15) is 4.70 Å². The Morgan fingerprint density at radius 2 is 2.07 bits per heavy atom. The Morgan fingerprint density at radius 1 is 1.29 bits per heavy atom. The molecule has 0 bridgehead atoms. The number of aryl methyl sites for hydroxylation is 2. The zero-order chi connectivity index (χ0) is 19.8. The number of esters is 1. The van der Waals surface area contributed by atoms with Crippen LogP contribution in [-0.4, -0.2) is 33.2 Å². The minimum atomic E-state index is -0.490. The predicted octanol–water partition coefficient (Wildman–Crippen LogP) is 4.01. The average molecular weight is 398 g/mol. The highest BCUT2D eigenvalue weighted by Crippen LogP contribution is 2.33. The summed E-state index contributed by atoms with van der Waals surface area (Å²) in [6.45, 7) is 6.09. The van der Waals surface area contributed by atoms with E-state index in [1.807, 2.05) is 32.0 Å². The molecule has 0 saturated heterocycles. The van der Waals surface area contributed by atoms with Crippen LogP contribution in [0.4, 0.5) is 5.13 Å².